The zero-order valence-electron chi connectivity index (χ0n) is 23.8. The minimum absolute atomic E-state index is 0.0282. The molecule has 0 spiro atoms. The van der Waals surface area contributed by atoms with E-state index in [2.05, 4.69) is 26.5 Å². The monoisotopic (exact) mass is 687 g/mol. The van der Waals surface area contributed by atoms with Gasteiger partial charge in [-0.15, -0.1) is 0 Å². The predicted octanol–water partition coefficient (Wildman–Crippen LogP) is 7.92. The first-order valence-electron chi connectivity index (χ1n) is 13.2. The van der Waals surface area contributed by atoms with Gasteiger partial charge in [0.15, 0.2) is 23.0 Å². The van der Waals surface area contributed by atoms with Crippen LogP contribution in [-0.2, 0) is 12.8 Å². The summed E-state index contributed by atoms with van der Waals surface area (Å²) in [6.45, 7) is 2.49. The number of nitro benzene ring substituents is 1. The van der Waals surface area contributed by atoms with Gasteiger partial charge in [-0.2, -0.15) is 18.3 Å². The molecule has 4 aromatic carbocycles. The Hall–Kier alpha value is -5.11. The third-order valence-electron chi connectivity index (χ3n) is 6.07. The fraction of sp³-hybridized carbons (Fsp3) is 0.161. The number of nitrogens with one attached hydrogen (secondary N) is 1. The number of amides is 1. The summed E-state index contributed by atoms with van der Waals surface area (Å²) in [6.07, 6.45) is -3.46. The van der Waals surface area contributed by atoms with Crippen LogP contribution < -0.4 is 24.4 Å². The van der Waals surface area contributed by atoms with Gasteiger partial charge >= 0.3 is 11.9 Å². The second-order valence-electron chi connectivity index (χ2n) is 9.14. The van der Waals surface area contributed by atoms with E-state index >= 15 is 0 Å². The summed E-state index contributed by atoms with van der Waals surface area (Å²) < 4.78 is 61.9. The van der Waals surface area contributed by atoms with E-state index in [0.29, 0.717) is 42.4 Å². The lowest BCUT2D eigenvalue weighted by atomic mass is 10.1. The summed E-state index contributed by atoms with van der Waals surface area (Å²) in [4.78, 5) is 23.3. The first kappa shape index (κ1) is 32.8. The molecule has 10 nitrogen and oxygen atoms in total. The summed E-state index contributed by atoms with van der Waals surface area (Å²) in [5.74, 6) is -0.0337. The Morgan fingerprint density at radius 3 is 2.38 bits per heavy atom. The predicted molar refractivity (Wildman–Crippen MR) is 162 cm³/mol. The van der Waals surface area contributed by atoms with E-state index in [1.165, 1.54) is 25.5 Å². The number of hydrogen-bond acceptors (Lipinski definition) is 8. The van der Waals surface area contributed by atoms with Crippen LogP contribution in [0, 0.1) is 10.1 Å². The molecule has 0 saturated heterocycles. The molecule has 0 fully saturated rings. The molecule has 0 aliphatic rings. The smallest absolute Gasteiger partial charge is 0.416 e. The number of nitrogens with zero attached hydrogens (tertiary/aromatic N) is 2. The third-order valence-corrected chi connectivity index (χ3v) is 6.66. The maximum Gasteiger partial charge on any atom is 0.416 e. The van der Waals surface area contributed by atoms with Crippen molar-refractivity contribution in [2.75, 3.05) is 13.7 Å². The topological polar surface area (TPSA) is 122 Å². The van der Waals surface area contributed by atoms with Crippen molar-refractivity contribution < 1.29 is 41.8 Å². The first-order valence-corrected chi connectivity index (χ1v) is 14.0. The second-order valence-corrected chi connectivity index (χ2v) is 10.00. The average molecular weight is 688 g/mol. The Morgan fingerprint density at radius 1 is 0.978 bits per heavy atom. The van der Waals surface area contributed by atoms with Gasteiger partial charge in [0.25, 0.3) is 5.91 Å². The molecule has 0 unspecified atom stereocenters. The number of rotatable bonds is 12. The second kappa shape index (κ2) is 14.6. The largest absolute Gasteiger partial charge is 0.493 e. The molecule has 0 saturated carbocycles. The van der Waals surface area contributed by atoms with Crippen LogP contribution >= 0.6 is 15.9 Å². The van der Waals surface area contributed by atoms with Gasteiger partial charge in [-0.3, -0.25) is 14.9 Å². The molecule has 1 amide bonds. The third kappa shape index (κ3) is 8.50. The van der Waals surface area contributed by atoms with Gasteiger partial charge in [-0.05, 0) is 76.4 Å². The molecule has 0 aromatic heterocycles. The number of methoxy groups -OCH3 is 1. The number of alkyl halides is 3. The van der Waals surface area contributed by atoms with Crippen LogP contribution in [0.25, 0.3) is 0 Å². The number of ether oxygens (including phenoxy) is 4. The van der Waals surface area contributed by atoms with E-state index in [4.69, 9.17) is 18.9 Å². The quantitative estimate of drug-likeness (QED) is 0.0912. The molecule has 0 atom stereocenters. The van der Waals surface area contributed by atoms with Crippen LogP contribution in [0.15, 0.2) is 88.4 Å². The Kier molecular flexibility index (Phi) is 10.6. The van der Waals surface area contributed by atoms with Gasteiger partial charge in [0.2, 0.25) is 5.75 Å². The highest BCUT2D eigenvalue weighted by Gasteiger charge is 2.33. The number of hydrogen-bond donors (Lipinski definition) is 1. The molecule has 234 valence electrons. The van der Waals surface area contributed by atoms with E-state index in [0.717, 1.165) is 11.6 Å². The Labute approximate surface area is 263 Å². The van der Waals surface area contributed by atoms with Crippen molar-refractivity contribution >= 4 is 33.7 Å². The van der Waals surface area contributed by atoms with Gasteiger partial charge in [0, 0.05) is 11.6 Å². The Morgan fingerprint density at radius 2 is 1.71 bits per heavy atom. The summed E-state index contributed by atoms with van der Waals surface area (Å²) in [5, 5.41) is 15.4. The lowest BCUT2D eigenvalue weighted by molar-refractivity contribution is -0.385. The summed E-state index contributed by atoms with van der Waals surface area (Å²) in [7, 11) is 1.31. The number of carbonyl (C=O) groups excluding carboxylic acids is 1. The van der Waals surface area contributed by atoms with Gasteiger partial charge < -0.3 is 18.9 Å². The lowest BCUT2D eigenvalue weighted by Gasteiger charge is -2.14. The van der Waals surface area contributed by atoms with Gasteiger partial charge in [-0.1, -0.05) is 30.3 Å². The molecule has 0 bridgehead atoms. The van der Waals surface area contributed by atoms with Crippen molar-refractivity contribution in [1.29, 1.82) is 0 Å². The molecule has 1 N–H and O–H groups in total. The summed E-state index contributed by atoms with van der Waals surface area (Å²) >= 11 is 3.29. The fourth-order valence-electron chi connectivity index (χ4n) is 3.95. The molecule has 14 heteroatoms. The fourth-order valence-corrected chi connectivity index (χ4v) is 4.49. The first-order chi connectivity index (χ1) is 21.5. The van der Waals surface area contributed by atoms with Crippen LogP contribution in [-0.4, -0.2) is 30.8 Å². The molecule has 4 aromatic rings. The maximum absolute atomic E-state index is 13.1. The summed E-state index contributed by atoms with van der Waals surface area (Å²) in [5.41, 5.74) is 2.01. The van der Waals surface area contributed by atoms with Crippen molar-refractivity contribution in [2.24, 2.45) is 5.10 Å². The van der Waals surface area contributed by atoms with Crippen molar-refractivity contribution in [3.8, 4) is 28.7 Å². The highest BCUT2D eigenvalue weighted by molar-refractivity contribution is 9.10. The Balaban J connectivity index is 1.48. The van der Waals surface area contributed by atoms with Gasteiger partial charge in [-0.25, -0.2) is 5.43 Å². The lowest BCUT2D eigenvalue weighted by Crippen LogP contribution is -2.17. The molecule has 0 radical (unpaired) electrons. The number of halogens is 4. The zero-order chi connectivity index (χ0) is 32.6. The number of hydrazone groups is 1. The van der Waals surface area contributed by atoms with Crippen molar-refractivity contribution in [1.82, 2.24) is 5.43 Å². The normalized spacial score (nSPS) is 11.2. The molecule has 0 aliphatic carbocycles. The highest BCUT2D eigenvalue weighted by atomic mass is 79.9. The number of nitro groups is 1. The highest BCUT2D eigenvalue weighted by Crippen LogP contribution is 2.43. The minimum atomic E-state index is -4.77. The Bertz CT molecular complexity index is 1720. The van der Waals surface area contributed by atoms with E-state index in [1.807, 2.05) is 37.3 Å². The molecule has 4 rings (SSSR count). The summed E-state index contributed by atoms with van der Waals surface area (Å²) in [6, 6.07) is 19.2. The molecular formula is C31H25BrF3N3O7. The number of carbonyl (C=O) groups is 1. The van der Waals surface area contributed by atoms with Crippen LogP contribution in [0.2, 0.25) is 0 Å². The average Bonchev–Trinajstić information content (AvgIpc) is 3.01. The van der Waals surface area contributed by atoms with Crippen molar-refractivity contribution in [3.05, 3.63) is 116 Å². The van der Waals surface area contributed by atoms with E-state index in [1.54, 1.807) is 18.2 Å². The van der Waals surface area contributed by atoms with Crippen molar-refractivity contribution in [2.45, 2.75) is 19.7 Å². The molecular weight excluding hydrogens is 663 g/mol. The van der Waals surface area contributed by atoms with Crippen molar-refractivity contribution in [3.63, 3.8) is 0 Å². The zero-order valence-corrected chi connectivity index (χ0v) is 25.3. The van der Waals surface area contributed by atoms with Crippen LogP contribution in [0.1, 0.15) is 34.0 Å². The van der Waals surface area contributed by atoms with Gasteiger partial charge in [0.1, 0.15) is 6.61 Å². The number of benzene rings is 4. The van der Waals surface area contributed by atoms with Crippen LogP contribution in [0.4, 0.5) is 18.9 Å². The molecule has 45 heavy (non-hydrogen) atoms. The van der Waals surface area contributed by atoms with Crippen LogP contribution in [0.3, 0.4) is 0 Å². The maximum atomic E-state index is 13.1. The van der Waals surface area contributed by atoms with E-state index in [9.17, 15) is 28.1 Å². The molecule has 0 heterocycles. The van der Waals surface area contributed by atoms with E-state index < -0.39 is 34.0 Å². The van der Waals surface area contributed by atoms with E-state index in [-0.39, 0.29) is 21.5 Å². The molecule has 0 aliphatic heterocycles. The van der Waals surface area contributed by atoms with Gasteiger partial charge in [0.05, 0.1) is 34.9 Å². The van der Waals surface area contributed by atoms with Crippen LogP contribution in [0.5, 0.6) is 28.7 Å². The standard InChI is InChI=1S/C31H25BrF3N3O7/c1-3-43-27-15-21(9-11-26(27)44-18-19-7-5-4-6-8-19)30(39)37-36-17-20-13-23(32)29(28(14-20)42-2)45-25-12-10-22(31(33,34)35)16-24(25)38(40)41/h4-17H,3,18H2,1-2H3,(H,37,39)/b36-17+. The minimum Gasteiger partial charge on any atom is -0.493 e. The SMILES string of the molecule is CCOc1cc(C(=O)N/N=C/c2cc(Br)c(Oc3ccc(C(F)(F)F)cc3[N+](=O)[O-])c(OC)c2)ccc1OCc1ccccc1.